The Morgan fingerprint density at radius 1 is 0.773 bits per heavy atom. The molecule has 354 valence electrons. The molecule has 5 rings (SSSR count). The van der Waals surface area contributed by atoms with Gasteiger partial charge in [0, 0.05) is 41.4 Å². The molecule has 0 radical (unpaired) electrons. The van der Waals surface area contributed by atoms with Crippen molar-refractivity contribution >= 4 is 74.2 Å². The third-order valence-corrected chi connectivity index (χ3v) is 13.5. The smallest absolute Gasteiger partial charge is 0.245 e. The molecule has 66 heavy (non-hydrogen) atoms. The average molecular weight is 946 g/mol. The summed E-state index contributed by atoms with van der Waals surface area (Å²) in [4.78, 5) is 100. The Balaban J connectivity index is 1.54. The second-order valence-electron chi connectivity index (χ2n) is 16.0. The van der Waals surface area contributed by atoms with Crippen LogP contribution in [0.4, 0.5) is 0 Å². The van der Waals surface area contributed by atoms with Crippen molar-refractivity contribution in [2.45, 2.75) is 93.8 Å². The van der Waals surface area contributed by atoms with Gasteiger partial charge >= 0.3 is 0 Å². The maximum atomic E-state index is 14.7. The molecule has 18 nitrogen and oxygen atoms in total. The number of fused-ring (bicyclic) bond motifs is 1. The fourth-order valence-corrected chi connectivity index (χ4v) is 9.60. The first-order chi connectivity index (χ1) is 31.8. The number of aliphatic hydroxyl groups is 1. The first-order valence-corrected chi connectivity index (χ1v) is 24.2. The van der Waals surface area contributed by atoms with Gasteiger partial charge in [-0.2, -0.15) is 0 Å². The quantitative estimate of drug-likeness (QED) is 0.0441. The van der Waals surface area contributed by atoms with E-state index in [-0.39, 0.29) is 36.5 Å². The van der Waals surface area contributed by atoms with Crippen molar-refractivity contribution in [3.63, 3.8) is 0 Å². The maximum Gasteiger partial charge on any atom is 0.245 e. The number of likely N-dealkylation sites (N-methyl/N-ethyl adjacent to an activating group) is 1. The zero-order valence-electron chi connectivity index (χ0n) is 36.8. The van der Waals surface area contributed by atoms with Gasteiger partial charge in [0.2, 0.25) is 35.4 Å². The third-order valence-electron chi connectivity index (χ3n) is 11.0. The van der Waals surface area contributed by atoms with E-state index in [1.54, 1.807) is 25.4 Å². The van der Waals surface area contributed by atoms with Gasteiger partial charge in [-0.15, -0.1) is 0 Å². The number of unbranched alkanes of at least 4 members (excludes halogenated alkanes) is 1. The van der Waals surface area contributed by atoms with Crippen molar-refractivity contribution < 1.29 is 43.8 Å². The van der Waals surface area contributed by atoms with Gasteiger partial charge in [0.05, 0.1) is 18.2 Å². The Morgan fingerprint density at radius 2 is 1.41 bits per heavy atom. The van der Waals surface area contributed by atoms with Gasteiger partial charge in [-0.05, 0) is 81.1 Å². The van der Waals surface area contributed by atoms with Gasteiger partial charge in [-0.1, -0.05) is 82.3 Å². The summed E-state index contributed by atoms with van der Waals surface area (Å²) in [5, 5.41) is 40.8. The number of rotatable bonds is 15. The summed E-state index contributed by atoms with van der Waals surface area (Å²) in [6, 6.07) is 14.2. The summed E-state index contributed by atoms with van der Waals surface area (Å²) in [6.07, 6.45) is 1.89. The molecule has 0 bridgehead atoms. The topological polar surface area (TPSA) is 286 Å². The van der Waals surface area contributed by atoms with E-state index in [1.165, 1.54) is 19.1 Å². The maximum absolute atomic E-state index is 14.7. The molecule has 0 spiro atoms. The number of phenols is 1. The fraction of sp³-hybridized carbons (Fsp3) is 0.413. The van der Waals surface area contributed by atoms with Gasteiger partial charge in [0.1, 0.15) is 42.2 Å². The number of phenolic OH excluding ortho intramolecular Hbond substituents is 1. The molecule has 2 heterocycles. The van der Waals surface area contributed by atoms with Crippen molar-refractivity contribution in [1.82, 2.24) is 42.2 Å². The average Bonchev–Trinajstić information content (AvgIpc) is 3.72. The highest BCUT2D eigenvalue weighted by Crippen LogP contribution is 2.24. The van der Waals surface area contributed by atoms with Crippen LogP contribution in [0.3, 0.4) is 0 Å². The number of aromatic hydroxyl groups is 1. The number of carbonyl (C=O) groups excluding carboxylic acids is 7. The predicted molar refractivity (Wildman–Crippen MR) is 254 cm³/mol. The van der Waals surface area contributed by atoms with Crippen LogP contribution in [0.15, 0.2) is 85.1 Å². The van der Waals surface area contributed by atoms with E-state index in [0.717, 1.165) is 38.1 Å². The molecule has 6 amide bonds. The number of H-pyrrole nitrogens is 1. The SMILES string of the molecule is CNC(Cc1ccccc1)C(=O)NC1CSSCC(C=O)NC(=O)C(C(C)O)NC(=O)C(CCCCN)NC(=O)C(Cc2c[nH]c3ccccc23)NC(=O)C(Cc2ccc(O)cc2)NC1=O. The number of hydrogen-bond acceptors (Lipinski definition) is 13. The molecule has 0 aliphatic carbocycles. The Bertz CT molecular complexity index is 2260. The molecule has 4 aromatic rings. The fourth-order valence-electron chi connectivity index (χ4n) is 7.30. The van der Waals surface area contributed by atoms with Crippen LogP contribution in [0, 0.1) is 0 Å². The standard InChI is InChI=1S/C46H59N9O9S2/c1-27(57)40-46(64)50-31(24-56)25-65-66-26-39(54-42(60)36(48-2)20-28-10-4-3-5-11-28)45(63)52-37(21-29-15-17-32(58)18-16-29)43(61)53-38(22-30-23-49-34-13-7-6-12-33(30)34)44(62)51-35(41(59)55-40)14-8-9-19-47/h3-7,10-13,15-18,23-24,27,31,35-40,48-49,57-58H,8-9,14,19-22,25-26,47H2,1-2H3,(H,50,64)(H,51,62)(H,52,63)(H,53,61)(H,54,60)(H,55,59). The molecule has 1 fully saturated rings. The number of amides is 6. The highest BCUT2D eigenvalue weighted by Gasteiger charge is 2.35. The van der Waals surface area contributed by atoms with Crippen LogP contribution < -0.4 is 43.0 Å². The normalized spacial score (nSPS) is 22.7. The Labute approximate surface area is 390 Å². The minimum Gasteiger partial charge on any atom is -0.508 e. The van der Waals surface area contributed by atoms with Crippen LogP contribution in [-0.4, -0.2) is 130 Å². The lowest BCUT2D eigenvalue weighted by Gasteiger charge is -2.28. The summed E-state index contributed by atoms with van der Waals surface area (Å²) < 4.78 is 0. The molecule has 8 unspecified atom stereocenters. The van der Waals surface area contributed by atoms with Crippen molar-refractivity contribution in [3.8, 4) is 5.75 Å². The van der Waals surface area contributed by atoms with E-state index in [9.17, 15) is 43.8 Å². The van der Waals surface area contributed by atoms with Crippen LogP contribution in [-0.2, 0) is 52.8 Å². The number of nitrogens with two attached hydrogens (primary N) is 1. The van der Waals surface area contributed by atoms with Crippen LogP contribution in [0.2, 0.25) is 0 Å². The summed E-state index contributed by atoms with van der Waals surface area (Å²) in [5.74, 6) is -4.48. The van der Waals surface area contributed by atoms with Crippen molar-refractivity contribution in [3.05, 3.63) is 102 Å². The van der Waals surface area contributed by atoms with E-state index in [0.29, 0.717) is 43.2 Å². The second-order valence-corrected chi connectivity index (χ2v) is 18.6. The van der Waals surface area contributed by atoms with E-state index in [4.69, 9.17) is 5.73 Å². The number of benzene rings is 3. The number of nitrogens with one attached hydrogen (secondary N) is 8. The molecule has 1 aromatic heterocycles. The van der Waals surface area contributed by atoms with Crippen molar-refractivity contribution in [2.75, 3.05) is 25.1 Å². The summed E-state index contributed by atoms with van der Waals surface area (Å²) in [7, 11) is 3.88. The minimum atomic E-state index is -1.53. The highest BCUT2D eigenvalue weighted by molar-refractivity contribution is 8.76. The van der Waals surface area contributed by atoms with Crippen molar-refractivity contribution in [2.24, 2.45) is 5.73 Å². The lowest BCUT2D eigenvalue weighted by Crippen LogP contribution is -2.61. The van der Waals surface area contributed by atoms with E-state index >= 15 is 0 Å². The Kier molecular flexibility index (Phi) is 19.9. The first-order valence-electron chi connectivity index (χ1n) is 21.7. The van der Waals surface area contributed by atoms with Crippen LogP contribution in [0.1, 0.15) is 42.9 Å². The van der Waals surface area contributed by atoms with Crippen molar-refractivity contribution in [1.29, 1.82) is 0 Å². The molecule has 1 aliphatic rings. The second kappa shape index (κ2) is 25.7. The van der Waals surface area contributed by atoms with Gasteiger partial charge in [0.15, 0.2) is 0 Å². The minimum absolute atomic E-state index is 0.00269. The number of aliphatic hydroxyl groups excluding tert-OH is 1. The van der Waals surface area contributed by atoms with Crippen LogP contribution in [0.25, 0.3) is 10.9 Å². The summed E-state index contributed by atoms with van der Waals surface area (Å²) >= 11 is 0. The Hall–Kier alpha value is -5.93. The number of aromatic amines is 1. The molecule has 12 N–H and O–H groups in total. The van der Waals surface area contributed by atoms with Crippen LogP contribution in [0.5, 0.6) is 5.75 Å². The molecule has 1 aliphatic heterocycles. The van der Waals surface area contributed by atoms with Gasteiger partial charge in [0.25, 0.3) is 0 Å². The molecular weight excluding hydrogens is 887 g/mol. The van der Waals surface area contributed by atoms with E-state index in [2.05, 4.69) is 42.2 Å². The molecule has 0 saturated carbocycles. The van der Waals surface area contributed by atoms with Crippen LogP contribution >= 0.6 is 21.6 Å². The number of hydrogen-bond donors (Lipinski definition) is 11. The lowest BCUT2D eigenvalue weighted by molar-refractivity contribution is -0.136. The molecule has 3 aromatic carbocycles. The summed E-state index contributed by atoms with van der Waals surface area (Å²) in [5.41, 5.74) is 8.61. The zero-order chi connectivity index (χ0) is 47.6. The zero-order valence-corrected chi connectivity index (χ0v) is 38.4. The number of aldehydes is 1. The third kappa shape index (κ3) is 15.1. The monoisotopic (exact) mass is 945 g/mol. The molecule has 1 saturated heterocycles. The van der Waals surface area contributed by atoms with E-state index < -0.39 is 83.8 Å². The number of para-hydroxylation sites is 1. The number of carbonyl (C=O) groups is 7. The largest absolute Gasteiger partial charge is 0.508 e. The lowest BCUT2D eigenvalue weighted by atomic mass is 10.0. The molecular formula is C46H59N9O9S2. The highest BCUT2D eigenvalue weighted by atomic mass is 33.1. The molecule has 8 atom stereocenters. The van der Waals surface area contributed by atoms with Gasteiger partial charge in [-0.25, -0.2) is 0 Å². The summed E-state index contributed by atoms with van der Waals surface area (Å²) in [6.45, 7) is 1.59. The van der Waals surface area contributed by atoms with Gasteiger partial charge in [-0.3, -0.25) is 28.8 Å². The first kappa shape index (κ1) is 51.1. The van der Waals surface area contributed by atoms with E-state index in [1.807, 2.05) is 54.6 Å². The predicted octanol–water partition coefficient (Wildman–Crippen LogP) is 0.502. The van der Waals surface area contributed by atoms with Gasteiger partial charge < -0.3 is 62.9 Å². The number of aromatic nitrogens is 1. The Morgan fingerprint density at radius 3 is 2.09 bits per heavy atom. The molecule has 20 heteroatoms.